The molecule has 15 heavy (non-hydrogen) atoms. The van der Waals surface area contributed by atoms with E-state index in [4.69, 9.17) is 11.5 Å². The SMILES string of the molecule is Cl.NCC1CCCN1Cc1cnc(N)s1. The van der Waals surface area contributed by atoms with E-state index < -0.39 is 0 Å². The molecule has 0 amide bonds. The maximum absolute atomic E-state index is 5.70. The summed E-state index contributed by atoms with van der Waals surface area (Å²) >= 11 is 1.57. The van der Waals surface area contributed by atoms with E-state index in [0.717, 1.165) is 19.6 Å². The number of nitrogens with zero attached hydrogens (tertiary/aromatic N) is 2. The average Bonchev–Trinajstić information content (AvgIpc) is 2.76. The second-order valence-electron chi connectivity index (χ2n) is 3.67. The number of aromatic nitrogens is 1. The largest absolute Gasteiger partial charge is 0.375 e. The maximum atomic E-state index is 5.70. The van der Waals surface area contributed by atoms with Crippen molar-refractivity contribution in [2.24, 2.45) is 5.73 Å². The Morgan fingerprint density at radius 1 is 1.60 bits per heavy atom. The number of nitrogen functional groups attached to an aromatic ring is 1. The van der Waals surface area contributed by atoms with Crippen molar-refractivity contribution in [3.63, 3.8) is 0 Å². The number of likely N-dealkylation sites (tertiary alicyclic amines) is 1. The molecule has 0 aromatic carbocycles. The van der Waals surface area contributed by atoms with Crippen LogP contribution in [-0.4, -0.2) is 29.0 Å². The van der Waals surface area contributed by atoms with Crippen LogP contribution in [-0.2, 0) is 6.54 Å². The van der Waals surface area contributed by atoms with Gasteiger partial charge in [-0.25, -0.2) is 4.98 Å². The predicted molar refractivity (Wildman–Crippen MR) is 66.3 cm³/mol. The lowest BCUT2D eigenvalue weighted by Crippen LogP contribution is -2.34. The summed E-state index contributed by atoms with van der Waals surface area (Å²) < 4.78 is 0. The highest BCUT2D eigenvalue weighted by Crippen LogP contribution is 2.22. The van der Waals surface area contributed by atoms with Gasteiger partial charge in [-0.05, 0) is 19.4 Å². The van der Waals surface area contributed by atoms with Gasteiger partial charge in [0.25, 0.3) is 0 Å². The van der Waals surface area contributed by atoms with Crippen molar-refractivity contribution in [1.29, 1.82) is 0 Å². The van der Waals surface area contributed by atoms with Crippen LogP contribution in [0.1, 0.15) is 17.7 Å². The minimum absolute atomic E-state index is 0. The summed E-state index contributed by atoms with van der Waals surface area (Å²) in [5.41, 5.74) is 11.3. The zero-order chi connectivity index (χ0) is 9.97. The smallest absolute Gasteiger partial charge is 0.180 e. The van der Waals surface area contributed by atoms with Gasteiger partial charge in [0.2, 0.25) is 0 Å². The second kappa shape index (κ2) is 5.65. The molecule has 1 aromatic rings. The highest BCUT2D eigenvalue weighted by Gasteiger charge is 2.23. The molecule has 2 rings (SSSR count). The Labute approximate surface area is 100 Å². The molecule has 1 saturated heterocycles. The van der Waals surface area contributed by atoms with E-state index in [9.17, 15) is 0 Å². The summed E-state index contributed by atoms with van der Waals surface area (Å²) in [5, 5.41) is 0.656. The standard InChI is InChI=1S/C9H16N4S.ClH/c10-4-7-2-1-3-13(7)6-8-5-12-9(11)14-8;/h5,7H,1-4,6,10H2,(H2,11,12);1H. The predicted octanol–water partition coefficient (Wildman–Crippen LogP) is 1.07. The van der Waals surface area contributed by atoms with E-state index in [1.807, 2.05) is 6.20 Å². The van der Waals surface area contributed by atoms with Crippen LogP contribution < -0.4 is 11.5 Å². The summed E-state index contributed by atoms with van der Waals surface area (Å²) in [7, 11) is 0. The fourth-order valence-electron chi connectivity index (χ4n) is 1.97. The van der Waals surface area contributed by atoms with Crippen molar-refractivity contribution in [2.75, 3.05) is 18.8 Å². The molecule has 0 radical (unpaired) electrons. The number of halogens is 1. The van der Waals surface area contributed by atoms with Crippen LogP contribution in [0.5, 0.6) is 0 Å². The molecule has 6 heteroatoms. The van der Waals surface area contributed by atoms with E-state index in [0.29, 0.717) is 11.2 Å². The van der Waals surface area contributed by atoms with Gasteiger partial charge < -0.3 is 11.5 Å². The van der Waals surface area contributed by atoms with Gasteiger partial charge in [-0.15, -0.1) is 23.7 Å². The highest BCUT2D eigenvalue weighted by atomic mass is 35.5. The normalized spacial score (nSPS) is 21.5. The first-order chi connectivity index (χ1) is 6.79. The first kappa shape index (κ1) is 12.7. The fourth-order valence-corrected chi connectivity index (χ4v) is 2.68. The monoisotopic (exact) mass is 248 g/mol. The van der Waals surface area contributed by atoms with Crippen LogP contribution in [0.3, 0.4) is 0 Å². The molecule has 86 valence electrons. The number of rotatable bonds is 3. The van der Waals surface area contributed by atoms with E-state index in [2.05, 4.69) is 9.88 Å². The molecule has 1 unspecified atom stereocenters. The molecule has 4 N–H and O–H groups in total. The van der Waals surface area contributed by atoms with E-state index >= 15 is 0 Å². The maximum Gasteiger partial charge on any atom is 0.180 e. The number of hydrogen-bond donors (Lipinski definition) is 2. The summed E-state index contributed by atoms with van der Waals surface area (Å²) in [5.74, 6) is 0. The first-order valence-corrected chi connectivity index (χ1v) is 5.75. The highest BCUT2D eigenvalue weighted by molar-refractivity contribution is 7.15. The third-order valence-corrected chi connectivity index (χ3v) is 3.51. The quantitative estimate of drug-likeness (QED) is 0.840. The van der Waals surface area contributed by atoms with Crippen LogP contribution in [0, 0.1) is 0 Å². The Kier molecular flexibility index (Phi) is 4.79. The second-order valence-corrected chi connectivity index (χ2v) is 4.81. The molecule has 1 aromatic heterocycles. The molecule has 1 fully saturated rings. The Balaban J connectivity index is 0.00000112. The lowest BCUT2D eigenvalue weighted by Gasteiger charge is -2.21. The molecule has 0 saturated carbocycles. The van der Waals surface area contributed by atoms with Crippen molar-refractivity contribution < 1.29 is 0 Å². The van der Waals surface area contributed by atoms with Crippen LogP contribution in [0.4, 0.5) is 5.13 Å². The van der Waals surface area contributed by atoms with Gasteiger partial charge in [0.15, 0.2) is 5.13 Å². The van der Waals surface area contributed by atoms with Gasteiger partial charge in [0.05, 0.1) is 0 Å². The zero-order valence-corrected chi connectivity index (χ0v) is 10.2. The Morgan fingerprint density at radius 3 is 3.00 bits per heavy atom. The summed E-state index contributed by atoms with van der Waals surface area (Å²) in [6.07, 6.45) is 4.35. The Bertz CT molecular complexity index is 304. The number of hydrogen-bond acceptors (Lipinski definition) is 5. The molecule has 0 bridgehead atoms. The van der Waals surface area contributed by atoms with Crippen LogP contribution in [0.25, 0.3) is 0 Å². The van der Waals surface area contributed by atoms with Crippen molar-refractivity contribution >= 4 is 28.9 Å². The van der Waals surface area contributed by atoms with Crippen molar-refractivity contribution in [2.45, 2.75) is 25.4 Å². The number of anilines is 1. The Morgan fingerprint density at radius 2 is 2.40 bits per heavy atom. The number of nitrogens with two attached hydrogens (primary N) is 2. The summed E-state index contributed by atoms with van der Waals surface area (Å²) in [6.45, 7) is 2.87. The molecule has 1 aliphatic heterocycles. The van der Waals surface area contributed by atoms with E-state index in [1.165, 1.54) is 17.7 Å². The van der Waals surface area contributed by atoms with Gasteiger partial charge in [0.1, 0.15) is 0 Å². The van der Waals surface area contributed by atoms with Gasteiger partial charge >= 0.3 is 0 Å². The molecule has 0 aliphatic carbocycles. The topological polar surface area (TPSA) is 68.2 Å². The molecule has 4 nitrogen and oxygen atoms in total. The molecular weight excluding hydrogens is 232 g/mol. The minimum Gasteiger partial charge on any atom is -0.375 e. The summed E-state index contributed by atoms with van der Waals surface area (Å²) in [4.78, 5) is 7.71. The minimum atomic E-state index is 0. The fraction of sp³-hybridized carbons (Fsp3) is 0.667. The van der Waals surface area contributed by atoms with Gasteiger partial charge in [0, 0.05) is 30.2 Å². The lowest BCUT2D eigenvalue weighted by atomic mass is 10.2. The average molecular weight is 249 g/mol. The van der Waals surface area contributed by atoms with E-state index in [-0.39, 0.29) is 12.4 Å². The van der Waals surface area contributed by atoms with Gasteiger partial charge in [-0.2, -0.15) is 0 Å². The molecule has 1 atom stereocenters. The van der Waals surface area contributed by atoms with Gasteiger partial charge in [-0.3, -0.25) is 4.90 Å². The van der Waals surface area contributed by atoms with Gasteiger partial charge in [-0.1, -0.05) is 0 Å². The molecule has 1 aliphatic rings. The van der Waals surface area contributed by atoms with Crippen LogP contribution in [0.15, 0.2) is 6.20 Å². The van der Waals surface area contributed by atoms with Crippen LogP contribution in [0.2, 0.25) is 0 Å². The molecular formula is C9H17ClN4S. The zero-order valence-electron chi connectivity index (χ0n) is 8.56. The van der Waals surface area contributed by atoms with Crippen molar-refractivity contribution in [3.05, 3.63) is 11.1 Å². The Hall–Kier alpha value is -0.360. The van der Waals surface area contributed by atoms with E-state index in [1.54, 1.807) is 11.3 Å². The van der Waals surface area contributed by atoms with Crippen molar-refractivity contribution in [3.8, 4) is 0 Å². The molecule has 2 heterocycles. The lowest BCUT2D eigenvalue weighted by molar-refractivity contribution is 0.252. The van der Waals surface area contributed by atoms with Crippen molar-refractivity contribution in [1.82, 2.24) is 9.88 Å². The molecule has 0 spiro atoms. The van der Waals surface area contributed by atoms with Crippen LogP contribution >= 0.6 is 23.7 Å². The third kappa shape index (κ3) is 3.04. The first-order valence-electron chi connectivity index (χ1n) is 4.94. The third-order valence-electron chi connectivity index (χ3n) is 2.70. The summed E-state index contributed by atoms with van der Waals surface area (Å²) in [6, 6.07) is 0.554. The number of thiazole rings is 1.